The minimum absolute atomic E-state index is 0. The minimum atomic E-state index is 0. The molecule has 0 fully saturated rings. The van der Waals surface area contributed by atoms with Crippen molar-refractivity contribution in [2.45, 2.75) is 90.9 Å². The Hall–Kier alpha value is 0.690. The summed E-state index contributed by atoms with van der Waals surface area (Å²) in [6.45, 7) is 7.36. The largest absolute Gasteiger partial charge is 1.00 e. The summed E-state index contributed by atoms with van der Waals surface area (Å²) in [5.41, 5.74) is 0. The third kappa shape index (κ3) is 18.7. The first-order valence-corrected chi connectivity index (χ1v) is 8.62. The van der Waals surface area contributed by atoms with Crippen molar-refractivity contribution in [1.29, 1.82) is 0 Å². The fourth-order valence-corrected chi connectivity index (χ4v) is 2.54. The molecule has 1 nitrogen and oxygen atoms in total. The van der Waals surface area contributed by atoms with Crippen LogP contribution >= 0.6 is 0 Å². The summed E-state index contributed by atoms with van der Waals surface area (Å²) in [6, 6.07) is 0. The lowest BCUT2D eigenvalue weighted by molar-refractivity contribution is -0.880. The van der Waals surface area contributed by atoms with Crippen LogP contribution < -0.4 is 28.9 Å². The van der Waals surface area contributed by atoms with Crippen LogP contribution in [-0.2, 0) is 0 Å². The van der Waals surface area contributed by atoms with E-state index in [4.69, 9.17) is 0 Å². The summed E-state index contributed by atoms with van der Waals surface area (Å²) < 4.78 is 0. The normalized spacial score (nSPS) is 10.7. The zero-order valence-corrected chi connectivity index (χ0v) is 15.9. The second-order valence-corrected chi connectivity index (χ2v) is 5.99. The summed E-state index contributed by atoms with van der Waals surface area (Å²) in [5, 5.41) is 0. The molecule has 1 N–H and O–H groups in total. The number of hydrogen-bond acceptors (Lipinski definition) is 0. The summed E-state index contributed by atoms with van der Waals surface area (Å²) in [7, 11) is 2.37. The van der Waals surface area contributed by atoms with Gasteiger partial charge in [-0.3, -0.25) is 0 Å². The van der Waals surface area contributed by atoms with Crippen molar-refractivity contribution in [1.82, 2.24) is 0 Å². The molecule has 0 unspecified atom stereocenters. The van der Waals surface area contributed by atoms with Gasteiger partial charge in [0, 0.05) is 0 Å². The van der Waals surface area contributed by atoms with E-state index < -0.39 is 0 Å². The highest BCUT2D eigenvalue weighted by Crippen LogP contribution is 2.04. The van der Waals surface area contributed by atoms with E-state index in [9.17, 15) is 0 Å². The molecule has 0 aliphatic heterocycles. The molecule has 0 bridgehead atoms. The predicted molar refractivity (Wildman–Crippen MR) is 83.4 cm³/mol. The maximum atomic E-state index is 2.37. The first kappa shape index (κ1) is 22.0. The Labute approximate surface area is 139 Å². The van der Waals surface area contributed by atoms with Crippen LogP contribution in [0.5, 0.6) is 0 Å². The lowest BCUT2D eigenvalue weighted by atomic mass is 10.1. The van der Waals surface area contributed by atoms with E-state index >= 15 is 0 Å². The molecule has 0 heterocycles. The Kier molecular flexibility index (Phi) is 21.6. The maximum absolute atomic E-state index is 2.37. The third-order valence-corrected chi connectivity index (χ3v) is 3.91. The molecule has 2 heteroatoms. The van der Waals surface area contributed by atoms with Crippen molar-refractivity contribution >= 4 is 0 Å². The lowest BCUT2D eigenvalue weighted by Crippen LogP contribution is -3.09. The molecule has 0 aliphatic carbocycles. The monoisotopic (exact) mass is 383 g/mol. The van der Waals surface area contributed by atoms with E-state index in [1.54, 1.807) is 4.90 Å². The van der Waals surface area contributed by atoms with E-state index in [1.165, 1.54) is 90.1 Å². The van der Waals surface area contributed by atoms with Gasteiger partial charge in [-0.15, -0.1) is 0 Å². The van der Waals surface area contributed by atoms with Gasteiger partial charge in [0.2, 0.25) is 0 Å². The van der Waals surface area contributed by atoms with Gasteiger partial charge in [-0.1, -0.05) is 65.2 Å². The molecular weight excluding hydrogens is 345 g/mol. The summed E-state index contributed by atoms with van der Waals surface area (Å²) in [5.74, 6) is 0. The molecule has 0 saturated carbocycles. The average Bonchev–Trinajstić information content (AvgIpc) is 2.38. The highest BCUT2D eigenvalue weighted by atomic mass is 127. The Morgan fingerprint density at radius 2 is 0.842 bits per heavy atom. The van der Waals surface area contributed by atoms with E-state index in [2.05, 4.69) is 20.9 Å². The highest BCUT2D eigenvalue weighted by Gasteiger charge is 2.01. The summed E-state index contributed by atoms with van der Waals surface area (Å²) in [6.07, 6.45) is 17.2. The Morgan fingerprint density at radius 1 is 0.526 bits per heavy atom. The minimum Gasteiger partial charge on any atom is -1.00 e. The molecule has 0 amide bonds. The van der Waals surface area contributed by atoms with Crippen molar-refractivity contribution in [3.05, 3.63) is 0 Å². The molecule has 0 atom stereocenters. The van der Waals surface area contributed by atoms with Gasteiger partial charge < -0.3 is 28.9 Å². The summed E-state index contributed by atoms with van der Waals surface area (Å²) in [4.78, 5) is 1.75. The number of hydrogen-bond donors (Lipinski definition) is 1. The average molecular weight is 383 g/mol. The van der Waals surface area contributed by atoms with Gasteiger partial charge in [0.05, 0.1) is 20.1 Å². The van der Waals surface area contributed by atoms with Crippen molar-refractivity contribution < 1.29 is 28.9 Å². The fourth-order valence-electron chi connectivity index (χ4n) is 2.54. The Morgan fingerprint density at radius 3 is 1.21 bits per heavy atom. The molecule has 0 aromatic rings. The molecule has 0 aromatic carbocycles. The topological polar surface area (TPSA) is 4.44 Å². The number of quaternary nitrogens is 1. The second-order valence-electron chi connectivity index (χ2n) is 5.99. The van der Waals surface area contributed by atoms with Gasteiger partial charge in [0.15, 0.2) is 0 Å². The van der Waals surface area contributed by atoms with Gasteiger partial charge in [0.1, 0.15) is 0 Å². The van der Waals surface area contributed by atoms with Crippen molar-refractivity contribution in [2.24, 2.45) is 0 Å². The highest BCUT2D eigenvalue weighted by molar-refractivity contribution is 4.44. The van der Waals surface area contributed by atoms with Crippen LogP contribution in [0.1, 0.15) is 90.9 Å². The molecule has 0 radical (unpaired) electrons. The Balaban J connectivity index is 0. The standard InChI is InChI=1S/C17H37N.HI/c1-4-6-8-10-12-14-16-18(3)17-15-13-11-9-7-5-2;/h4-17H2,1-3H3;1H. The number of unbranched alkanes of at least 4 members (excludes halogenated alkanes) is 10. The molecule has 0 saturated heterocycles. The molecular formula is C17H38IN. The first-order valence-electron chi connectivity index (χ1n) is 8.62. The zero-order chi connectivity index (χ0) is 13.5. The number of halogens is 1. The van der Waals surface area contributed by atoms with Gasteiger partial charge >= 0.3 is 0 Å². The molecule has 19 heavy (non-hydrogen) atoms. The smallest absolute Gasteiger partial charge is 0.0768 e. The molecule has 0 aliphatic rings. The van der Waals surface area contributed by atoms with Crippen LogP contribution in [0.4, 0.5) is 0 Å². The fraction of sp³-hybridized carbons (Fsp3) is 1.00. The van der Waals surface area contributed by atoms with E-state index in [0.717, 1.165) is 0 Å². The number of rotatable bonds is 14. The maximum Gasteiger partial charge on any atom is 0.0768 e. The SMILES string of the molecule is CCCCCCCC[NH+](C)CCCCCCCC.[I-]. The summed E-state index contributed by atoms with van der Waals surface area (Å²) >= 11 is 0. The molecule has 0 spiro atoms. The van der Waals surface area contributed by atoms with Crippen molar-refractivity contribution in [2.75, 3.05) is 20.1 Å². The molecule has 118 valence electrons. The zero-order valence-electron chi connectivity index (χ0n) is 13.8. The van der Waals surface area contributed by atoms with Crippen molar-refractivity contribution in [3.63, 3.8) is 0 Å². The van der Waals surface area contributed by atoms with Crippen LogP contribution in [0.25, 0.3) is 0 Å². The van der Waals surface area contributed by atoms with Gasteiger partial charge in [-0.2, -0.15) is 0 Å². The van der Waals surface area contributed by atoms with Gasteiger partial charge in [0.25, 0.3) is 0 Å². The lowest BCUT2D eigenvalue weighted by Gasteiger charge is -2.13. The quantitative estimate of drug-likeness (QED) is 0.340. The van der Waals surface area contributed by atoms with Crippen LogP contribution in [0, 0.1) is 0 Å². The van der Waals surface area contributed by atoms with Gasteiger partial charge in [-0.05, 0) is 25.7 Å². The number of nitrogens with one attached hydrogen (secondary N) is 1. The van der Waals surface area contributed by atoms with E-state index in [-0.39, 0.29) is 24.0 Å². The van der Waals surface area contributed by atoms with E-state index in [0.29, 0.717) is 0 Å². The van der Waals surface area contributed by atoms with Gasteiger partial charge in [-0.25, -0.2) is 0 Å². The van der Waals surface area contributed by atoms with Crippen molar-refractivity contribution in [3.8, 4) is 0 Å². The second kappa shape index (κ2) is 18.7. The Bertz CT molecular complexity index is 134. The van der Waals surface area contributed by atoms with Crippen LogP contribution in [0.15, 0.2) is 0 Å². The third-order valence-electron chi connectivity index (χ3n) is 3.91. The van der Waals surface area contributed by atoms with Crippen LogP contribution in [0.2, 0.25) is 0 Å². The first-order chi connectivity index (χ1) is 8.81. The van der Waals surface area contributed by atoms with Crippen LogP contribution in [0.3, 0.4) is 0 Å². The van der Waals surface area contributed by atoms with E-state index in [1.807, 2.05) is 0 Å². The molecule has 0 rings (SSSR count). The predicted octanol–water partition coefficient (Wildman–Crippen LogP) is 1.23. The molecule has 0 aromatic heterocycles. The van der Waals surface area contributed by atoms with Crippen LogP contribution in [-0.4, -0.2) is 20.1 Å².